The Kier molecular flexibility index (Phi) is 2.99. The van der Waals surface area contributed by atoms with E-state index in [1.54, 1.807) is 6.07 Å². The van der Waals surface area contributed by atoms with E-state index in [-0.39, 0.29) is 11.3 Å². The molecule has 0 aliphatic carbocycles. The minimum Gasteiger partial charge on any atom is -0.353 e. The van der Waals surface area contributed by atoms with Crippen LogP contribution in [0.25, 0.3) is 10.9 Å². The summed E-state index contributed by atoms with van der Waals surface area (Å²) in [5.41, 5.74) is 3.19. The molecule has 1 aliphatic rings. The highest BCUT2D eigenvalue weighted by Gasteiger charge is 2.15. The van der Waals surface area contributed by atoms with E-state index in [0.717, 1.165) is 27.9 Å². The molecule has 2 aromatic rings. The van der Waals surface area contributed by atoms with Crippen LogP contribution in [0, 0.1) is 5.82 Å². The number of alkyl halides is 1. The molecule has 2 heterocycles. The molecular formula is C15H12ClFN2. The van der Waals surface area contributed by atoms with Crippen molar-refractivity contribution in [3.8, 4) is 0 Å². The van der Waals surface area contributed by atoms with E-state index in [9.17, 15) is 4.39 Å². The molecular weight excluding hydrogens is 263 g/mol. The Morgan fingerprint density at radius 2 is 2.21 bits per heavy atom. The summed E-state index contributed by atoms with van der Waals surface area (Å²) in [4.78, 5) is 7.67. The standard InChI is InChI=1S/C15H12ClFN2/c1-2-9-3-6-14(16)19-15(9)13-8-10-7-11(17)4-5-12(10)18-13/h2-8,14,18H,1H3/b9-2-. The molecule has 96 valence electrons. The second-order valence-corrected chi connectivity index (χ2v) is 4.82. The molecule has 4 heteroatoms. The number of rotatable bonds is 1. The van der Waals surface area contributed by atoms with Gasteiger partial charge in [-0.05, 0) is 42.8 Å². The van der Waals surface area contributed by atoms with Crippen molar-refractivity contribution in [2.45, 2.75) is 12.4 Å². The molecule has 0 spiro atoms. The highest BCUT2D eigenvalue weighted by Crippen LogP contribution is 2.23. The first-order chi connectivity index (χ1) is 9.17. The first-order valence-corrected chi connectivity index (χ1v) is 6.46. The van der Waals surface area contributed by atoms with Crippen molar-refractivity contribution < 1.29 is 4.39 Å². The lowest BCUT2D eigenvalue weighted by Crippen LogP contribution is -2.11. The Balaban J connectivity index is 2.13. The maximum atomic E-state index is 13.2. The minimum absolute atomic E-state index is 0.245. The second kappa shape index (κ2) is 4.67. The molecule has 0 radical (unpaired) electrons. The number of hydrogen-bond donors (Lipinski definition) is 1. The van der Waals surface area contributed by atoms with Crippen molar-refractivity contribution in [2.75, 3.05) is 0 Å². The van der Waals surface area contributed by atoms with Gasteiger partial charge in [-0.2, -0.15) is 0 Å². The Bertz CT molecular complexity index is 725. The summed E-state index contributed by atoms with van der Waals surface area (Å²) in [6, 6.07) is 6.55. The molecule has 0 amide bonds. The van der Waals surface area contributed by atoms with Crippen molar-refractivity contribution >= 4 is 28.2 Å². The van der Waals surface area contributed by atoms with Gasteiger partial charge in [-0.3, -0.25) is 4.99 Å². The van der Waals surface area contributed by atoms with Gasteiger partial charge in [0.1, 0.15) is 11.3 Å². The summed E-state index contributed by atoms with van der Waals surface area (Å²) in [6.07, 6.45) is 5.76. The number of nitrogens with one attached hydrogen (secondary N) is 1. The van der Waals surface area contributed by atoms with Crippen molar-refractivity contribution in [3.63, 3.8) is 0 Å². The summed E-state index contributed by atoms with van der Waals surface area (Å²) < 4.78 is 13.2. The van der Waals surface area contributed by atoms with Gasteiger partial charge in [-0.1, -0.05) is 23.8 Å². The van der Waals surface area contributed by atoms with Crippen LogP contribution in [0.1, 0.15) is 12.6 Å². The van der Waals surface area contributed by atoms with Gasteiger partial charge < -0.3 is 4.98 Å². The number of dihydropyridines is 1. The van der Waals surface area contributed by atoms with Crippen LogP contribution in [0.5, 0.6) is 0 Å². The molecule has 1 N–H and O–H groups in total. The van der Waals surface area contributed by atoms with E-state index in [0.29, 0.717) is 0 Å². The van der Waals surface area contributed by atoms with Crippen LogP contribution in [0.15, 0.2) is 53.1 Å². The number of nitrogens with zero attached hydrogens (tertiary/aromatic N) is 1. The Labute approximate surface area is 115 Å². The number of aromatic amines is 1. The largest absolute Gasteiger partial charge is 0.353 e. The Morgan fingerprint density at radius 3 is 3.00 bits per heavy atom. The molecule has 1 aromatic carbocycles. The minimum atomic E-state index is -0.359. The maximum absolute atomic E-state index is 13.2. The number of benzene rings is 1. The van der Waals surface area contributed by atoms with Gasteiger partial charge in [0, 0.05) is 10.9 Å². The summed E-state index contributed by atoms with van der Waals surface area (Å²) >= 11 is 6.03. The molecule has 1 aliphatic heterocycles. The van der Waals surface area contributed by atoms with E-state index < -0.39 is 0 Å². The summed E-state index contributed by atoms with van der Waals surface area (Å²) in [7, 11) is 0. The zero-order chi connectivity index (χ0) is 13.4. The van der Waals surface area contributed by atoms with E-state index in [2.05, 4.69) is 9.98 Å². The molecule has 0 fully saturated rings. The van der Waals surface area contributed by atoms with Gasteiger partial charge in [-0.15, -0.1) is 0 Å². The lowest BCUT2D eigenvalue weighted by Gasteiger charge is -2.12. The average molecular weight is 275 g/mol. The fourth-order valence-corrected chi connectivity index (χ4v) is 2.36. The zero-order valence-corrected chi connectivity index (χ0v) is 11.1. The normalized spacial score (nSPS) is 21.1. The smallest absolute Gasteiger partial charge is 0.143 e. The number of halogens is 2. The molecule has 2 nitrogen and oxygen atoms in total. The summed E-state index contributed by atoms with van der Waals surface area (Å²) in [5, 5.41) is 0.828. The topological polar surface area (TPSA) is 28.1 Å². The highest BCUT2D eigenvalue weighted by atomic mass is 35.5. The van der Waals surface area contributed by atoms with Gasteiger partial charge in [0.2, 0.25) is 0 Å². The van der Waals surface area contributed by atoms with E-state index in [1.807, 2.05) is 31.2 Å². The maximum Gasteiger partial charge on any atom is 0.143 e. The predicted octanol–water partition coefficient (Wildman–Crippen LogP) is 4.18. The van der Waals surface area contributed by atoms with E-state index >= 15 is 0 Å². The molecule has 1 unspecified atom stereocenters. The molecule has 19 heavy (non-hydrogen) atoms. The molecule has 3 rings (SSSR count). The predicted molar refractivity (Wildman–Crippen MR) is 77.3 cm³/mol. The zero-order valence-electron chi connectivity index (χ0n) is 10.3. The fraction of sp³-hybridized carbons (Fsp3) is 0.133. The van der Waals surface area contributed by atoms with E-state index in [1.165, 1.54) is 12.1 Å². The van der Waals surface area contributed by atoms with Crippen molar-refractivity contribution in [1.29, 1.82) is 0 Å². The van der Waals surface area contributed by atoms with Crippen LogP contribution in [0.3, 0.4) is 0 Å². The lowest BCUT2D eigenvalue weighted by molar-refractivity contribution is 0.630. The number of hydrogen-bond acceptors (Lipinski definition) is 1. The van der Waals surface area contributed by atoms with Gasteiger partial charge in [0.25, 0.3) is 0 Å². The first-order valence-electron chi connectivity index (χ1n) is 6.03. The molecule has 0 bridgehead atoms. The SMILES string of the molecule is C/C=C1/C=CC(Cl)N=C1c1cc2cc(F)ccc2[nH]1. The van der Waals surface area contributed by atoms with Crippen molar-refractivity contribution in [2.24, 2.45) is 4.99 Å². The van der Waals surface area contributed by atoms with Crippen molar-refractivity contribution in [1.82, 2.24) is 4.98 Å². The number of aromatic nitrogens is 1. The van der Waals surface area contributed by atoms with E-state index in [4.69, 9.17) is 11.6 Å². The Morgan fingerprint density at radius 1 is 1.37 bits per heavy atom. The molecule has 0 saturated heterocycles. The first kappa shape index (κ1) is 12.2. The summed E-state index contributed by atoms with van der Waals surface area (Å²) in [5.74, 6) is -0.245. The van der Waals surface area contributed by atoms with Crippen molar-refractivity contribution in [3.05, 3.63) is 59.6 Å². The molecule has 1 aromatic heterocycles. The third-order valence-electron chi connectivity index (χ3n) is 3.11. The third kappa shape index (κ3) is 2.22. The lowest BCUT2D eigenvalue weighted by atomic mass is 10.0. The van der Waals surface area contributed by atoms with Crippen LogP contribution in [-0.4, -0.2) is 16.2 Å². The molecule has 1 atom stereocenters. The highest BCUT2D eigenvalue weighted by molar-refractivity contribution is 6.25. The third-order valence-corrected chi connectivity index (χ3v) is 3.35. The van der Waals surface area contributed by atoms with Crippen LogP contribution in [-0.2, 0) is 0 Å². The van der Waals surface area contributed by atoms with Crippen LogP contribution in [0.2, 0.25) is 0 Å². The number of aliphatic imine (C=N–C) groups is 1. The molecule has 0 saturated carbocycles. The average Bonchev–Trinajstić information content (AvgIpc) is 2.81. The van der Waals surface area contributed by atoms with Crippen LogP contribution in [0.4, 0.5) is 4.39 Å². The van der Waals surface area contributed by atoms with Gasteiger partial charge in [0.05, 0.1) is 11.4 Å². The number of H-pyrrole nitrogens is 1. The Hall–Kier alpha value is -1.87. The van der Waals surface area contributed by atoms with Crippen LogP contribution < -0.4 is 0 Å². The van der Waals surface area contributed by atoms with Crippen LogP contribution >= 0.6 is 11.6 Å². The second-order valence-electron chi connectivity index (χ2n) is 4.37. The monoisotopic (exact) mass is 274 g/mol. The van der Waals surface area contributed by atoms with Gasteiger partial charge in [0.15, 0.2) is 0 Å². The fourth-order valence-electron chi connectivity index (χ4n) is 2.19. The van der Waals surface area contributed by atoms with Gasteiger partial charge in [-0.25, -0.2) is 4.39 Å². The number of allylic oxidation sites excluding steroid dienone is 3. The quantitative estimate of drug-likeness (QED) is 0.597. The van der Waals surface area contributed by atoms with Gasteiger partial charge >= 0.3 is 0 Å². The number of fused-ring (bicyclic) bond motifs is 1. The summed E-state index contributed by atoms with van der Waals surface area (Å²) in [6.45, 7) is 1.95.